The van der Waals surface area contributed by atoms with Crippen LogP contribution in [0.4, 0.5) is 5.69 Å². The molecule has 5 heteroatoms. The number of aromatic nitrogens is 1. The summed E-state index contributed by atoms with van der Waals surface area (Å²) in [5.41, 5.74) is 7.31. The van der Waals surface area contributed by atoms with Crippen molar-refractivity contribution in [1.29, 1.82) is 0 Å². The van der Waals surface area contributed by atoms with E-state index < -0.39 is 0 Å². The van der Waals surface area contributed by atoms with Crippen LogP contribution in [-0.2, 0) is 30.5 Å². The number of amides is 1. The summed E-state index contributed by atoms with van der Waals surface area (Å²) in [5, 5.41) is 4.92. The first kappa shape index (κ1) is 24.1. The van der Waals surface area contributed by atoms with Gasteiger partial charge in [0.2, 0.25) is 5.91 Å². The molecule has 1 aromatic heterocycles. The zero-order valence-corrected chi connectivity index (χ0v) is 21.2. The molecule has 2 bridgehead atoms. The van der Waals surface area contributed by atoms with Crippen LogP contribution in [0, 0.1) is 0 Å². The second-order valence-corrected chi connectivity index (χ2v) is 9.71. The normalized spacial score (nSPS) is 16.7. The van der Waals surface area contributed by atoms with Crippen LogP contribution in [0.15, 0.2) is 72.8 Å². The molecule has 36 heavy (non-hydrogen) atoms. The Balaban J connectivity index is 1.42. The lowest BCUT2D eigenvalue weighted by atomic mass is 9.97. The Hall–Kier alpha value is -3.57. The minimum absolute atomic E-state index is 0.0665. The number of hydrogen-bond acceptors (Lipinski definition) is 3. The highest BCUT2D eigenvalue weighted by atomic mass is 16.5. The van der Waals surface area contributed by atoms with Gasteiger partial charge in [0.05, 0.1) is 13.2 Å². The second kappa shape index (κ2) is 11.0. The van der Waals surface area contributed by atoms with E-state index in [1.165, 1.54) is 33.3 Å². The van der Waals surface area contributed by atoms with E-state index >= 15 is 0 Å². The predicted molar refractivity (Wildman–Crippen MR) is 147 cm³/mol. The van der Waals surface area contributed by atoms with E-state index in [-0.39, 0.29) is 11.9 Å². The van der Waals surface area contributed by atoms with E-state index in [1.54, 1.807) is 12.0 Å². The fourth-order valence-electron chi connectivity index (χ4n) is 5.32. The van der Waals surface area contributed by atoms with E-state index in [9.17, 15) is 4.79 Å². The fourth-order valence-corrected chi connectivity index (χ4v) is 5.32. The highest BCUT2D eigenvalue weighted by Gasteiger charge is 2.24. The van der Waals surface area contributed by atoms with Crippen LogP contribution in [0.5, 0.6) is 5.75 Å². The number of aryl methyl sites for hydroxylation is 2. The number of likely N-dealkylation sites (N-methyl/N-ethyl adjacent to an activating group) is 1. The topological polar surface area (TPSA) is 57.4 Å². The Morgan fingerprint density at radius 2 is 1.69 bits per heavy atom. The molecule has 0 spiro atoms. The molecular formula is C31H35N3O2. The molecule has 1 atom stereocenters. The fraction of sp³-hybridized carbons (Fsp3) is 0.323. The highest BCUT2D eigenvalue weighted by Crippen LogP contribution is 2.25. The zero-order chi connectivity index (χ0) is 24.9. The number of rotatable bonds is 3. The van der Waals surface area contributed by atoms with Crippen LogP contribution < -0.4 is 15.0 Å². The number of anilines is 1. The lowest BCUT2D eigenvalue weighted by molar-refractivity contribution is -0.120. The van der Waals surface area contributed by atoms with Gasteiger partial charge in [-0.15, -0.1) is 0 Å². The minimum atomic E-state index is -0.316. The molecule has 0 saturated heterocycles. The third-order valence-electron chi connectivity index (χ3n) is 7.33. The number of methoxy groups -OCH3 is 1. The van der Waals surface area contributed by atoms with Crippen LogP contribution in [-0.4, -0.2) is 37.6 Å². The summed E-state index contributed by atoms with van der Waals surface area (Å²) in [7, 11) is 3.50. The Labute approximate surface area is 213 Å². The number of carbonyl (C=O) groups excluding carboxylic acids is 1. The Kier molecular flexibility index (Phi) is 7.38. The zero-order valence-electron chi connectivity index (χ0n) is 21.2. The van der Waals surface area contributed by atoms with Gasteiger partial charge in [-0.3, -0.25) is 4.79 Å². The van der Waals surface area contributed by atoms with Gasteiger partial charge in [0.1, 0.15) is 5.75 Å². The smallest absolute Gasteiger partial charge is 0.244 e. The maximum atomic E-state index is 13.7. The molecule has 2 heterocycles. The molecular weight excluding hydrogens is 446 g/mol. The van der Waals surface area contributed by atoms with Crippen LogP contribution >= 0.6 is 0 Å². The van der Waals surface area contributed by atoms with Gasteiger partial charge in [0.15, 0.2) is 0 Å². The van der Waals surface area contributed by atoms with E-state index in [4.69, 9.17) is 4.74 Å². The van der Waals surface area contributed by atoms with E-state index in [1.807, 2.05) is 31.3 Å². The number of nitrogens with one attached hydrogen (secondary N) is 2. The number of hydrogen-bond donors (Lipinski definition) is 2. The lowest BCUT2D eigenvalue weighted by Crippen LogP contribution is -2.47. The summed E-state index contributed by atoms with van der Waals surface area (Å²) in [5.74, 6) is 0.846. The number of carbonyl (C=O) groups is 1. The van der Waals surface area contributed by atoms with Crippen molar-refractivity contribution < 1.29 is 9.53 Å². The lowest BCUT2D eigenvalue weighted by Gasteiger charge is -2.25. The van der Waals surface area contributed by atoms with Gasteiger partial charge in [-0.25, -0.2) is 0 Å². The Morgan fingerprint density at radius 1 is 0.917 bits per heavy atom. The van der Waals surface area contributed by atoms with Crippen molar-refractivity contribution in [3.8, 4) is 5.75 Å². The largest absolute Gasteiger partial charge is 0.497 e. The standard InChI is InChI=1S/C31H35N3O2/c1-34(24-14-16-25(36-2)17-15-24)31(35)30-21-23-10-7-9-22(20-23)8-3-5-12-29-27(18-19-32-30)26-11-4-6-13-28(26)33-29/h4,6-7,9-11,13-17,20,30,32-33H,3,5,8,12,18-19,21H2,1-2H3/t30-/m0/s1. The number of para-hydroxylation sites is 1. The van der Waals surface area contributed by atoms with E-state index in [0.717, 1.165) is 50.1 Å². The SMILES string of the molecule is COc1ccc(N(C)C(=O)[C@@H]2Cc3cccc(c3)CCCCc3[nH]c4ccccc4c3CCN2)cc1. The minimum Gasteiger partial charge on any atom is -0.497 e. The molecule has 0 saturated carbocycles. The van der Waals surface area contributed by atoms with Crippen LogP contribution in [0.25, 0.3) is 10.9 Å². The summed E-state index contributed by atoms with van der Waals surface area (Å²) in [6.07, 6.45) is 5.96. The number of H-pyrrole nitrogens is 1. The van der Waals surface area contributed by atoms with Crippen molar-refractivity contribution >= 4 is 22.5 Å². The molecule has 4 aromatic rings. The number of benzene rings is 3. The molecule has 0 aliphatic carbocycles. The van der Waals surface area contributed by atoms with Crippen molar-refractivity contribution in [2.45, 2.75) is 44.6 Å². The first-order chi connectivity index (χ1) is 17.6. The van der Waals surface area contributed by atoms with Crippen LogP contribution in [0.1, 0.15) is 35.2 Å². The molecule has 5 nitrogen and oxygen atoms in total. The molecule has 1 amide bonds. The average molecular weight is 482 g/mol. The van der Waals surface area contributed by atoms with Crippen LogP contribution in [0.2, 0.25) is 0 Å². The summed E-state index contributed by atoms with van der Waals surface area (Å²) >= 11 is 0. The molecule has 3 aromatic carbocycles. The summed E-state index contributed by atoms with van der Waals surface area (Å²) in [4.78, 5) is 19.1. The molecule has 1 aliphatic heterocycles. The number of ether oxygens (including phenoxy) is 1. The van der Waals surface area contributed by atoms with Crippen molar-refractivity contribution in [3.63, 3.8) is 0 Å². The Morgan fingerprint density at radius 3 is 2.53 bits per heavy atom. The second-order valence-electron chi connectivity index (χ2n) is 9.71. The van der Waals surface area contributed by atoms with Gasteiger partial charge in [-0.2, -0.15) is 0 Å². The number of fused-ring (bicyclic) bond motifs is 5. The van der Waals surface area contributed by atoms with Gasteiger partial charge in [-0.05, 0) is 85.5 Å². The third kappa shape index (κ3) is 5.31. The molecule has 186 valence electrons. The van der Waals surface area contributed by atoms with Crippen molar-refractivity contribution in [1.82, 2.24) is 10.3 Å². The van der Waals surface area contributed by atoms with Gasteiger partial charge in [0.25, 0.3) is 0 Å². The van der Waals surface area contributed by atoms with Gasteiger partial charge in [0, 0.05) is 35.9 Å². The predicted octanol–water partition coefficient (Wildman–Crippen LogP) is 5.46. The molecule has 1 aliphatic rings. The first-order valence-electron chi connectivity index (χ1n) is 12.9. The van der Waals surface area contributed by atoms with E-state index in [2.05, 4.69) is 58.8 Å². The first-order valence-corrected chi connectivity index (χ1v) is 12.9. The molecule has 0 radical (unpaired) electrons. The van der Waals surface area contributed by atoms with Crippen LogP contribution in [0.3, 0.4) is 0 Å². The monoisotopic (exact) mass is 481 g/mol. The quantitative estimate of drug-likeness (QED) is 0.408. The van der Waals surface area contributed by atoms with Gasteiger partial charge >= 0.3 is 0 Å². The number of aromatic amines is 1. The summed E-state index contributed by atoms with van der Waals surface area (Å²) in [6, 6.07) is 24.6. The van der Waals surface area contributed by atoms with Gasteiger partial charge < -0.3 is 19.9 Å². The third-order valence-corrected chi connectivity index (χ3v) is 7.33. The molecule has 5 rings (SSSR count). The molecule has 0 unspecified atom stereocenters. The maximum absolute atomic E-state index is 13.7. The summed E-state index contributed by atoms with van der Waals surface area (Å²) in [6.45, 7) is 0.737. The average Bonchev–Trinajstić information content (AvgIpc) is 3.27. The molecule has 0 fully saturated rings. The van der Waals surface area contributed by atoms with Crippen molar-refractivity contribution in [2.75, 3.05) is 25.6 Å². The van der Waals surface area contributed by atoms with E-state index in [0.29, 0.717) is 6.42 Å². The Bertz CT molecular complexity index is 1330. The molecule has 2 N–H and O–H groups in total. The van der Waals surface area contributed by atoms with Crippen molar-refractivity contribution in [2.24, 2.45) is 0 Å². The highest BCUT2D eigenvalue weighted by molar-refractivity contribution is 5.97. The maximum Gasteiger partial charge on any atom is 0.244 e. The van der Waals surface area contributed by atoms with Crippen molar-refractivity contribution in [3.05, 3.63) is 95.2 Å². The number of nitrogens with zero attached hydrogens (tertiary/aromatic N) is 1. The van der Waals surface area contributed by atoms with Gasteiger partial charge in [-0.1, -0.05) is 42.5 Å². The summed E-state index contributed by atoms with van der Waals surface area (Å²) < 4.78 is 5.28.